The Morgan fingerprint density at radius 2 is 2.26 bits per heavy atom. The topological polar surface area (TPSA) is 81.7 Å². The van der Waals surface area contributed by atoms with E-state index in [-0.39, 0.29) is 6.04 Å². The molecule has 19 heavy (non-hydrogen) atoms. The first-order chi connectivity index (χ1) is 9.19. The van der Waals surface area contributed by atoms with Crippen LogP contribution in [0, 0.1) is 0 Å². The average molecular weight is 299 g/mol. The van der Waals surface area contributed by atoms with Crippen molar-refractivity contribution in [1.29, 1.82) is 0 Å². The molecule has 3 N–H and O–H groups in total. The number of thioether (sulfide) groups is 1. The van der Waals surface area contributed by atoms with Crippen LogP contribution >= 0.6 is 23.4 Å². The number of benzene rings is 1. The van der Waals surface area contributed by atoms with E-state index in [0.29, 0.717) is 12.2 Å². The number of aryl methyl sites for hydroxylation is 1. The second kappa shape index (κ2) is 6.85. The third kappa shape index (κ3) is 4.17. The molecule has 0 aliphatic heterocycles. The fraction of sp³-hybridized carbons (Fsp3) is 0.364. The van der Waals surface area contributed by atoms with Crippen molar-refractivity contribution in [2.75, 3.05) is 5.75 Å². The maximum Gasteiger partial charge on any atom is 0.176 e. The molecule has 0 aliphatic rings. The van der Waals surface area contributed by atoms with Crippen LogP contribution in [-0.2, 0) is 13.5 Å². The zero-order chi connectivity index (χ0) is 13.7. The highest BCUT2D eigenvalue weighted by Gasteiger charge is 2.12. The van der Waals surface area contributed by atoms with Gasteiger partial charge >= 0.3 is 0 Å². The number of hydrogen-bond donors (Lipinski definition) is 2. The van der Waals surface area contributed by atoms with E-state index in [9.17, 15) is 0 Å². The second-order valence-electron chi connectivity index (χ2n) is 4.00. The molecule has 2 aromatic rings. The molecule has 1 aromatic heterocycles. The van der Waals surface area contributed by atoms with Gasteiger partial charge < -0.3 is 0 Å². The van der Waals surface area contributed by atoms with Gasteiger partial charge in [-0.3, -0.25) is 11.3 Å². The first-order valence-corrected chi connectivity index (χ1v) is 7.11. The SMILES string of the molecule is Cn1nnc(CC(CSc2ccccc2Cl)NN)n1. The summed E-state index contributed by atoms with van der Waals surface area (Å²) in [6, 6.07) is 7.79. The first kappa shape index (κ1) is 14.3. The van der Waals surface area contributed by atoms with E-state index in [4.69, 9.17) is 17.4 Å². The normalized spacial score (nSPS) is 12.6. The van der Waals surface area contributed by atoms with Gasteiger partial charge in [0, 0.05) is 23.1 Å². The van der Waals surface area contributed by atoms with Gasteiger partial charge in [-0.1, -0.05) is 23.7 Å². The van der Waals surface area contributed by atoms with Crippen LogP contribution in [0.1, 0.15) is 5.82 Å². The Balaban J connectivity index is 1.91. The van der Waals surface area contributed by atoms with Crippen LogP contribution in [0.2, 0.25) is 5.02 Å². The molecule has 1 heterocycles. The molecule has 0 radical (unpaired) electrons. The highest BCUT2D eigenvalue weighted by Crippen LogP contribution is 2.27. The Hall–Kier alpha value is -1.15. The van der Waals surface area contributed by atoms with Crippen LogP contribution in [0.25, 0.3) is 0 Å². The lowest BCUT2D eigenvalue weighted by Crippen LogP contribution is -2.39. The second-order valence-corrected chi connectivity index (χ2v) is 5.47. The predicted molar refractivity (Wildman–Crippen MR) is 75.8 cm³/mol. The van der Waals surface area contributed by atoms with Gasteiger partial charge in [0.25, 0.3) is 0 Å². The van der Waals surface area contributed by atoms with Crippen molar-refractivity contribution >= 4 is 23.4 Å². The van der Waals surface area contributed by atoms with Gasteiger partial charge in [0.1, 0.15) is 0 Å². The fourth-order valence-electron chi connectivity index (χ4n) is 1.54. The van der Waals surface area contributed by atoms with E-state index in [2.05, 4.69) is 20.8 Å². The Morgan fingerprint density at radius 3 is 2.89 bits per heavy atom. The summed E-state index contributed by atoms with van der Waals surface area (Å²) in [5, 5.41) is 12.6. The summed E-state index contributed by atoms with van der Waals surface area (Å²) in [5.74, 6) is 7.00. The summed E-state index contributed by atoms with van der Waals surface area (Å²) in [4.78, 5) is 2.47. The van der Waals surface area contributed by atoms with Crippen molar-refractivity contribution in [1.82, 2.24) is 25.6 Å². The molecular weight excluding hydrogens is 284 g/mol. The van der Waals surface area contributed by atoms with Crippen molar-refractivity contribution in [2.24, 2.45) is 12.9 Å². The lowest BCUT2D eigenvalue weighted by atomic mass is 10.2. The van der Waals surface area contributed by atoms with Crippen LogP contribution in [0.3, 0.4) is 0 Å². The van der Waals surface area contributed by atoms with Gasteiger partial charge in [-0.25, -0.2) is 0 Å². The number of halogens is 1. The van der Waals surface area contributed by atoms with Crippen LogP contribution in [0.15, 0.2) is 29.2 Å². The van der Waals surface area contributed by atoms with Gasteiger partial charge in [0.15, 0.2) is 5.82 Å². The van der Waals surface area contributed by atoms with Crippen molar-refractivity contribution in [3.05, 3.63) is 35.1 Å². The molecule has 0 bridgehead atoms. The molecule has 6 nitrogen and oxygen atoms in total. The molecule has 1 atom stereocenters. The van der Waals surface area contributed by atoms with Crippen molar-refractivity contribution in [2.45, 2.75) is 17.4 Å². The predicted octanol–water partition coefficient (Wildman–Crippen LogP) is 1.03. The first-order valence-electron chi connectivity index (χ1n) is 5.75. The molecule has 1 aromatic carbocycles. The molecule has 0 amide bonds. The third-order valence-corrected chi connectivity index (χ3v) is 4.17. The number of aromatic nitrogens is 4. The number of tetrazole rings is 1. The standard InChI is InChI=1S/C11H15ClN6S/c1-18-16-11(15-17-18)6-8(14-13)7-19-10-5-3-2-4-9(10)12/h2-5,8,14H,6-7,13H2,1H3. The summed E-state index contributed by atoms with van der Waals surface area (Å²) < 4.78 is 0. The molecule has 0 saturated heterocycles. The number of hydrogen-bond acceptors (Lipinski definition) is 6. The molecule has 0 aliphatic carbocycles. The van der Waals surface area contributed by atoms with Crippen LogP contribution in [0.5, 0.6) is 0 Å². The average Bonchev–Trinajstić information content (AvgIpc) is 2.81. The summed E-state index contributed by atoms with van der Waals surface area (Å²) in [6.45, 7) is 0. The maximum absolute atomic E-state index is 6.10. The zero-order valence-electron chi connectivity index (χ0n) is 10.5. The molecule has 8 heteroatoms. The van der Waals surface area contributed by atoms with E-state index in [1.807, 2.05) is 24.3 Å². The number of nitrogens with two attached hydrogens (primary N) is 1. The highest BCUT2D eigenvalue weighted by atomic mass is 35.5. The minimum absolute atomic E-state index is 0.0606. The van der Waals surface area contributed by atoms with Gasteiger partial charge in [-0.2, -0.15) is 4.80 Å². The molecule has 0 fully saturated rings. The molecule has 102 valence electrons. The molecule has 0 saturated carbocycles. The minimum atomic E-state index is 0.0606. The zero-order valence-corrected chi connectivity index (χ0v) is 12.0. The highest BCUT2D eigenvalue weighted by molar-refractivity contribution is 7.99. The number of rotatable bonds is 6. The van der Waals surface area contributed by atoms with E-state index in [1.54, 1.807) is 18.8 Å². The van der Waals surface area contributed by atoms with E-state index in [1.165, 1.54) is 4.80 Å². The lowest BCUT2D eigenvalue weighted by Gasteiger charge is -2.13. The third-order valence-electron chi connectivity index (χ3n) is 2.49. The summed E-state index contributed by atoms with van der Waals surface area (Å²) in [6.07, 6.45) is 0.627. The van der Waals surface area contributed by atoms with Crippen LogP contribution in [0.4, 0.5) is 0 Å². The Labute approximate surface area is 120 Å². The van der Waals surface area contributed by atoms with E-state index < -0.39 is 0 Å². The van der Waals surface area contributed by atoms with Gasteiger partial charge in [0.2, 0.25) is 0 Å². The summed E-state index contributed by atoms with van der Waals surface area (Å²) >= 11 is 7.75. The van der Waals surface area contributed by atoms with Gasteiger partial charge in [-0.05, 0) is 17.3 Å². The molecule has 2 rings (SSSR count). The molecule has 0 spiro atoms. The maximum atomic E-state index is 6.10. The van der Waals surface area contributed by atoms with Crippen molar-refractivity contribution < 1.29 is 0 Å². The molecule has 1 unspecified atom stereocenters. The van der Waals surface area contributed by atoms with E-state index in [0.717, 1.165) is 15.7 Å². The number of hydrazine groups is 1. The van der Waals surface area contributed by atoms with Crippen molar-refractivity contribution in [3.63, 3.8) is 0 Å². The Bertz CT molecular complexity index is 531. The number of nitrogens with one attached hydrogen (secondary N) is 1. The smallest absolute Gasteiger partial charge is 0.176 e. The summed E-state index contributed by atoms with van der Waals surface area (Å²) in [7, 11) is 1.74. The Morgan fingerprint density at radius 1 is 1.47 bits per heavy atom. The quantitative estimate of drug-likeness (QED) is 0.471. The van der Waals surface area contributed by atoms with Gasteiger partial charge in [-0.15, -0.1) is 22.0 Å². The van der Waals surface area contributed by atoms with Crippen LogP contribution in [-0.4, -0.2) is 32.0 Å². The van der Waals surface area contributed by atoms with Crippen molar-refractivity contribution in [3.8, 4) is 0 Å². The van der Waals surface area contributed by atoms with Gasteiger partial charge in [0.05, 0.1) is 12.1 Å². The molecular formula is C11H15ClN6S. The lowest BCUT2D eigenvalue weighted by molar-refractivity contribution is 0.558. The number of nitrogens with zero attached hydrogens (tertiary/aromatic N) is 4. The largest absolute Gasteiger partial charge is 0.271 e. The minimum Gasteiger partial charge on any atom is -0.271 e. The van der Waals surface area contributed by atoms with Crippen LogP contribution < -0.4 is 11.3 Å². The summed E-state index contributed by atoms with van der Waals surface area (Å²) in [5.41, 5.74) is 2.77. The Kier molecular flexibility index (Phi) is 5.15. The fourth-order valence-corrected chi connectivity index (χ4v) is 2.82. The van der Waals surface area contributed by atoms with E-state index >= 15 is 0 Å². The monoisotopic (exact) mass is 298 g/mol.